The number of carbonyl (C=O) groups is 3. The maximum absolute atomic E-state index is 13.9. The first kappa shape index (κ1) is 27.6. The smallest absolute Gasteiger partial charge is 0.343 e. The van der Waals surface area contributed by atoms with Crippen molar-refractivity contribution < 1.29 is 33.6 Å². The number of hydrogen-bond acceptors (Lipinski definition) is 9. The number of hydroxylamine groups is 1. The molecule has 2 saturated heterocycles. The van der Waals surface area contributed by atoms with Crippen LogP contribution in [0, 0.1) is 16.0 Å². The molecule has 0 N–H and O–H groups in total. The van der Waals surface area contributed by atoms with Crippen LogP contribution < -0.4 is 14.5 Å². The van der Waals surface area contributed by atoms with Crippen molar-refractivity contribution >= 4 is 29.2 Å². The van der Waals surface area contributed by atoms with Gasteiger partial charge in [-0.05, 0) is 41.5 Å². The van der Waals surface area contributed by atoms with Gasteiger partial charge in [-0.15, -0.1) is 0 Å². The van der Waals surface area contributed by atoms with Gasteiger partial charge in [-0.2, -0.15) is 0 Å². The van der Waals surface area contributed by atoms with Crippen LogP contribution in [0.5, 0.6) is 11.5 Å². The molecule has 0 aromatic heterocycles. The van der Waals surface area contributed by atoms with Gasteiger partial charge in [0.15, 0.2) is 17.6 Å². The molecule has 0 aliphatic carbocycles. The molecule has 2 heterocycles. The van der Waals surface area contributed by atoms with E-state index in [1.165, 1.54) is 41.3 Å². The van der Waals surface area contributed by atoms with Crippen LogP contribution in [0.25, 0.3) is 0 Å². The molecule has 11 nitrogen and oxygen atoms in total. The van der Waals surface area contributed by atoms with Crippen molar-refractivity contribution in [2.75, 3.05) is 12.2 Å². The van der Waals surface area contributed by atoms with Crippen molar-refractivity contribution in [3.8, 4) is 11.5 Å². The number of benzene rings is 4. The van der Waals surface area contributed by atoms with Gasteiger partial charge in [-0.25, -0.2) is 9.86 Å². The summed E-state index contributed by atoms with van der Waals surface area (Å²) in [6.07, 6.45) is -1.15. The number of likely N-dealkylation sites (tertiary alicyclic amines) is 1. The number of rotatable bonds is 8. The maximum Gasteiger partial charge on any atom is 0.343 e. The lowest BCUT2D eigenvalue weighted by molar-refractivity contribution is -0.384. The fourth-order valence-electron chi connectivity index (χ4n) is 5.39. The Balaban J connectivity index is 1.38. The van der Waals surface area contributed by atoms with Crippen molar-refractivity contribution in [1.82, 2.24) is 4.90 Å². The van der Waals surface area contributed by atoms with E-state index in [1.807, 2.05) is 30.3 Å². The molecule has 2 fully saturated rings. The molecule has 6 rings (SSSR count). The van der Waals surface area contributed by atoms with Gasteiger partial charge in [0.25, 0.3) is 11.6 Å². The molecule has 43 heavy (non-hydrogen) atoms. The molecule has 0 spiro atoms. The summed E-state index contributed by atoms with van der Waals surface area (Å²) in [5.41, 5.74) is 1.76. The molecule has 11 heteroatoms. The number of fused-ring (bicyclic) bond motifs is 1. The number of nitro groups is 1. The van der Waals surface area contributed by atoms with E-state index in [-0.39, 0.29) is 23.7 Å². The molecule has 4 aromatic carbocycles. The van der Waals surface area contributed by atoms with E-state index in [0.717, 1.165) is 5.56 Å². The summed E-state index contributed by atoms with van der Waals surface area (Å²) >= 11 is 0. The summed E-state index contributed by atoms with van der Waals surface area (Å²) < 4.78 is 11.1. The van der Waals surface area contributed by atoms with Crippen LogP contribution in [-0.4, -0.2) is 40.8 Å². The second-order valence-corrected chi connectivity index (χ2v) is 10.0. The highest BCUT2D eigenvalue weighted by Crippen LogP contribution is 2.48. The highest BCUT2D eigenvalue weighted by Gasteiger charge is 2.60. The third-order valence-electron chi connectivity index (χ3n) is 7.43. The van der Waals surface area contributed by atoms with Gasteiger partial charge < -0.3 is 9.47 Å². The standard InChI is InChI=1S/C32H25N3O8/c1-41-26-17-22(15-16-25(26)42-32(38)21-11-6-3-7-12-21)28-27-29(43-34(28)23-13-8-14-24(18-23)35(39)40)31(37)33(30(27)36)19-20-9-4-2-5-10-20/h2-18,27-29H,19H2,1H3/t27-,28-,29-/m0/s1. The van der Waals surface area contributed by atoms with Gasteiger partial charge >= 0.3 is 5.97 Å². The molecule has 0 bridgehead atoms. The zero-order valence-corrected chi connectivity index (χ0v) is 22.9. The van der Waals surface area contributed by atoms with Crippen LogP contribution in [0.2, 0.25) is 0 Å². The number of nitro benzene ring substituents is 1. The number of anilines is 1. The Morgan fingerprint density at radius 1 is 0.884 bits per heavy atom. The number of ether oxygens (including phenoxy) is 2. The number of imide groups is 1. The lowest BCUT2D eigenvalue weighted by Gasteiger charge is -2.29. The maximum atomic E-state index is 13.9. The summed E-state index contributed by atoms with van der Waals surface area (Å²) in [5, 5.41) is 12.9. The molecule has 2 aliphatic heterocycles. The number of amides is 2. The Morgan fingerprint density at radius 2 is 1.60 bits per heavy atom. The van der Waals surface area contributed by atoms with Crippen LogP contribution in [0.4, 0.5) is 11.4 Å². The monoisotopic (exact) mass is 579 g/mol. The summed E-state index contributed by atoms with van der Waals surface area (Å²) in [7, 11) is 1.41. The first-order valence-electron chi connectivity index (χ1n) is 13.4. The molecule has 0 radical (unpaired) electrons. The SMILES string of the molecule is COc1cc([C@H]2[C@@H]3C(=O)N(Cc4ccccc4)C(=O)[C@H]3ON2c2cccc([N+](=O)[O-])c2)ccc1OC(=O)c1ccccc1. The van der Waals surface area contributed by atoms with Gasteiger partial charge in [0.2, 0.25) is 5.91 Å². The van der Waals surface area contributed by atoms with Crippen LogP contribution in [0.1, 0.15) is 27.5 Å². The topological polar surface area (TPSA) is 129 Å². The minimum atomic E-state index is -1.15. The van der Waals surface area contributed by atoms with E-state index in [1.54, 1.807) is 48.5 Å². The Kier molecular flexibility index (Phi) is 7.31. The number of hydrogen-bond donors (Lipinski definition) is 0. The predicted octanol–water partition coefficient (Wildman–Crippen LogP) is 4.87. The van der Waals surface area contributed by atoms with Crippen LogP contribution in [-0.2, 0) is 21.0 Å². The van der Waals surface area contributed by atoms with Crippen molar-refractivity contribution in [2.24, 2.45) is 5.92 Å². The van der Waals surface area contributed by atoms with Crippen molar-refractivity contribution in [2.45, 2.75) is 18.7 Å². The van der Waals surface area contributed by atoms with Gasteiger partial charge in [0, 0.05) is 12.1 Å². The van der Waals surface area contributed by atoms with Crippen LogP contribution in [0.3, 0.4) is 0 Å². The average Bonchev–Trinajstić information content (AvgIpc) is 3.54. The Hall–Kier alpha value is -5.55. The number of nitrogens with zero attached hydrogens (tertiary/aromatic N) is 3. The fraction of sp³-hybridized carbons (Fsp3) is 0.156. The highest BCUT2D eigenvalue weighted by atomic mass is 16.7. The first-order chi connectivity index (χ1) is 20.9. The lowest BCUT2D eigenvalue weighted by Crippen LogP contribution is -2.37. The van der Waals surface area contributed by atoms with Gasteiger partial charge in [0.1, 0.15) is 5.92 Å². The van der Waals surface area contributed by atoms with Crippen LogP contribution in [0.15, 0.2) is 103 Å². The lowest BCUT2D eigenvalue weighted by atomic mass is 9.90. The van der Waals surface area contributed by atoms with Crippen molar-refractivity contribution in [3.63, 3.8) is 0 Å². The van der Waals surface area contributed by atoms with E-state index >= 15 is 0 Å². The molecule has 216 valence electrons. The molecule has 0 saturated carbocycles. The third-order valence-corrected chi connectivity index (χ3v) is 7.43. The predicted molar refractivity (Wildman–Crippen MR) is 153 cm³/mol. The van der Waals surface area contributed by atoms with E-state index in [9.17, 15) is 24.5 Å². The summed E-state index contributed by atoms with van der Waals surface area (Å²) in [4.78, 5) is 58.4. The fourth-order valence-corrected chi connectivity index (χ4v) is 5.39. The molecular formula is C32H25N3O8. The molecule has 4 aromatic rings. The number of carbonyl (C=O) groups excluding carboxylic acids is 3. The normalized spacial score (nSPS) is 19.3. The van der Waals surface area contributed by atoms with Gasteiger partial charge in [-0.3, -0.25) is 29.4 Å². The Labute approximate surface area is 245 Å². The molecular weight excluding hydrogens is 554 g/mol. The summed E-state index contributed by atoms with van der Waals surface area (Å²) in [6.45, 7) is 0.0795. The number of non-ortho nitro benzene ring substituents is 1. The number of methoxy groups -OCH3 is 1. The second-order valence-electron chi connectivity index (χ2n) is 10.0. The Bertz CT molecular complexity index is 1710. The van der Waals surface area contributed by atoms with Crippen molar-refractivity contribution in [1.29, 1.82) is 0 Å². The van der Waals surface area contributed by atoms with E-state index in [0.29, 0.717) is 16.8 Å². The minimum absolute atomic E-state index is 0.0795. The van der Waals surface area contributed by atoms with E-state index < -0.39 is 40.8 Å². The van der Waals surface area contributed by atoms with E-state index in [4.69, 9.17) is 14.3 Å². The molecule has 2 amide bonds. The average molecular weight is 580 g/mol. The minimum Gasteiger partial charge on any atom is -0.493 e. The third kappa shape index (κ3) is 5.17. The zero-order chi connectivity index (χ0) is 30.1. The quantitative estimate of drug-likeness (QED) is 0.0944. The highest BCUT2D eigenvalue weighted by molar-refractivity contribution is 6.07. The largest absolute Gasteiger partial charge is 0.493 e. The second kappa shape index (κ2) is 11.4. The van der Waals surface area contributed by atoms with Crippen molar-refractivity contribution in [3.05, 3.63) is 130 Å². The molecule has 2 aliphatic rings. The van der Waals surface area contributed by atoms with Gasteiger partial charge in [-0.1, -0.05) is 60.7 Å². The summed E-state index contributed by atoms with van der Waals surface area (Å²) in [6, 6.07) is 27.3. The van der Waals surface area contributed by atoms with Crippen LogP contribution >= 0.6 is 0 Å². The number of esters is 1. The first-order valence-corrected chi connectivity index (χ1v) is 13.4. The Morgan fingerprint density at radius 3 is 2.30 bits per heavy atom. The zero-order valence-electron chi connectivity index (χ0n) is 22.9. The summed E-state index contributed by atoms with van der Waals surface area (Å²) in [5.74, 6) is -2.12. The molecule has 0 unspecified atom stereocenters. The van der Waals surface area contributed by atoms with E-state index in [2.05, 4.69) is 0 Å². The van der Waals surface area contributed by atoms with Gasteiger partial charge in [0.05, 0.1) is 35.9 Å². The molecule has 3 atom stereocenters.